The molecule has 0 fully saturated rings. The predicted molar refractivity (Wildman–Crippen MR) is 250 cm³/mol. The van der Waals surface area contributed by atoms with Gasteiger partial charge in [-0.05, 0) is 59.7 Å². The molecule has 4 aromatic heterocycles. The number of hydrogen-bond acceptors (Lipinski definition) is 5. The van der Waals surface area contributed by atoms with Gasteiger partial charge in [0.2, 0.25) is 0 Å². The number of thiophene rings is 1. The SMILES string of the molecule is c1ccc(-c2ccc3nc(-c4cccc(-c5nc(-c6ccccc6)nc(-c6cccc(-n7c8ccccc8c8ccccc87)c6)n5)c4)c4sc5ccccc5c4c3c2)cc1. The van der Waals surface area contributed by atoms with E-state index in [1.165, 1.54) is 37.4 Å². The fraction of sp³-hybridized carbons (Fsp3) is 0. The molecular formula is C54H33N5S. The quantitative estimate of drug-likeness (QED) is 0.169. The van der Waals surface area contributed by atoms with Gasteiger partial charge in [-0.25, -0.2) is 19.9 Å². The van der Waals surface area contributed by atoms with Gasteiger partial charge in [-0.2, -0.15) is 0 Å². The third-order valence-electron chi connectivity index (χ3n) is 11.4. The molecule has 0 N–H and O–H groups in total. The predicted octanol–water partition coefficient (Wildman–Crippen LogP) is 14.2. The first-order valence-electron chi connectivity index (χ1n) is 20.1. The molecule has 12 rings (SSSR count). The molecule has 0 radical (unpaired) electrons. The summed E-state index contributed by atoms with van der Waals surface area (Å²) in [7, 11) is 0. The molecule has 60 heavy (non-hydrogen) atoms. The zero-order valence-electron chi connectivity index (χ0n) is 32.2. The number of fused-ring (bicyclic) bond motifs is 8. The van der Waals surface area contributed by atoms with Crippen LogP contribution < -0.4 is 0 Å². The lowest BCUT2D eigenvalue weighted by atomic mass is 9.98. The second kappa shape index (κ2) is 13.9. The summed E-state index contributed by atoms with van der Waals surface area (Å²) < 4.78 is 4.72. The van der Waals surface area contributed by atoms with E-state index in [2.05, 4.69) is 174 Å². The lowest BCUT2D eigenvalue weighted by Crippen LogP contribution is -2.01. The highest BCUT2D eigenvalue weighted by Gasteiger charge is 2.19. The molecule has 280 valence electrons. The van der Waals surface area contributed by atoms with Crippen LogP contribution >= 0.6 is 11.3 Å². The van der Waals surface area contributed by atoms with Crippen molar-refractivity contribution in [3.8, 4) is 62.2 Å². The van der Waals surface area contributed by atoms with E-state index in [0.717, 1.165) is 60.3 Å². The number of aromatic nitrogens is 5. The van der Waals surface area contributed by atoms with Gasteiger partial charge < -0.3 is 4.57 Å². The van der Waals surface area contributed by atoms with Crippen LogP contribution in [0.25, 0.3) is 115 Å². The Hall–Kier alpha value is -7.80. The Labute approximate surface area is 349 Å². The summed E-state index contributed by atoms with van der Waals surface area (Å²) >= 11 is 1.80. The Kier molecular flexibility index (Phi) is 7.96. The molecule has 0 saturated heterocycles. The van der Waals surface area contributed by atoms with E-state index in [1.54, 1.807) is 11.3 Å². The normalized spacial score (nSPS) is 11.7. The molecule has 8 aromatic carbocycles. The van der Waals surface area contributed by atoms with Crippen molar-refractivity contribution < 1.29 is 0 Å². The Morgan fingerprint density at radius 3 is 1.62 bits per heavy atom. The van der Waals surface area contributed by atoms with E-state index in [4.69, 9.17) is 19.9 Å². The van der Waals surface area contributed by atoms with Crippen LogP contribution in [-0.4, -0.2) is 24.5 Å². The van der Waals surface area contributed by atoms with Gasteiger partial charge in [-0.15, -0.1) is 11.3 Å². The van der Waals surface area contributed by atoms with Crippen LogP contribution in [0.5, 0.6) is 0 Å². The van der Waals surface area contributed by atoms with Gasteiger partial charge in [0.05, 0.1) is 26.9 Å². The van der Waals surface area contributed by atoms with Crippen molar-refractivity contribution in [1.82, 2.24) is 24.5 Å². The summed E-state index contributed by atoms with van der Waals surface area (Å²) in [4.78, 5) is 20.9. The highest BCUT2D eigenvalue weighted by molar-refractivity contribution is 7.26. The average molecular weight is 784 g/mol. The van der Waals surface area contributed by atoms with Gasteiger partial charge in [0.1, 0.15) is 0 Å². The highest BCUT2D eigenvalue weighted by Crippen LogP contribution is 2.44. The Balaban J connectivity index is 1.02. The molecule has 6 heteroatoms. The molecule has 0 aliphatic heterocycles. The summed E-state index contributed by atoms with van der Waals surface area (Å²) in [6, 6.07) is 70.2. The first kappa shape index (κ1) is 34.3. The number of benzene rings is 8. The summed E-state index contributed by atoms with van der Waals surface area (Å²) in [6.07, 6.45) is 0. The van der Waals surface area contributed by atoms with E-state index >= 15 is 0 Å². The zero-order chi connectivity index (χ0) is 39.6. The van der Waals surface area contributed by atoms with E-state index < -0.39 is 0 Å². The number of rotatable bonds is 6. The van der Waals surface area contributed by atoms with Crippen molar-refractivity contribution in [2.24, 2.45) is 0 Å². The first-order chi connectivity index (χ1) is 29.7. The maximum Gasteiger partial charge on any atom is 0.164 e. The molecule has 4 heterocycles. The molecule has 0 aliphatic rings. The van der Waals surface area contributed by atoms with Crippen molar-refractivity contribution in [2.45, 2.75) is 0 Å². The van der Waals surface area contributed by atoms with E-state index in [0.29, 0.717) is 17.5 Å². The minimum absolute atomic E-state index is 0.601. The Bertz CT molecular complexity index is 3560. The third kappa shape index (κ3) is 5.69. The van der Waals surface area contributed by atoms with E-state index in [-0.39, 0.29) is 0 Å². The largest absolute Gasteiger partial charge is 0.309 e. The molecule has 0 amide bonds. The van der Waals surface area contributed by atoms with Crippen molar-refractivity contribution in [3.63, 3.8) is 0 Å². The van der Waals surface area contributed by atoms with E-state index in [9.17, 15) is 0 Å². The fourth-order valence-corrected chi connectivity index (χ4v) is 9.86. The van der Waals surface area contributed by atoms with Gasteiger partial charge in [-0.1, -0.05) is 152 Å². The van der Waals surface area contributed by atoms with Crippen molar-refractivity contribution in [2.75, 3.05) is 0 Å². The number of nitrogens with zero attached hydrogens (tertiary/aromatic N) is 5. The summed E-state index contributed by atoms with van der Waals surface area (Å²) in [5.74, 6) is 1.83. The van der Waals surface area contributed by atoms with Crippen LogP contribution in [0.2, 0.25) is 0 Å². The molecule has 0 atom stereocenters. The lowest BCUT2D eigenvalue weighted by Gasteiger charge is -2.12. The summed E-state index contributed by atoms with van der Waals surface area (Å²) in [5, 5.41) is 6.07. The Morgan fingerprint density at radius 1 is 0.350 bits per heavy atom. The van der Waals surface area contributed by atoms with Crippen molar-refractivity contribution >= 4 is 64.2 Å². The molecule has 0 unspecified atom stereocenters. The maximum absolute atomic E-state index is 5.40. The minimum Gasteiger partial charge on any atom is -0.309 e. The summed E-state index contributed by atoms with van der Waals surface area (Å²) in [5.41, 5.74) is 11.4. The summed E-state index contributed by atoms with van der Waals surface area (Å²) in [6.45, 7) is 0. The van der Waals surface area contributed by atoms with Gasteiger partial charge in [0.15, 0.2) is 17.5 Å². The molecule has 5 nitrogen and oxygen atoms in total. The van der Waals surface area contributed by atoms with Crippen LogP contribution in [-0.2, 0) is 0 Å². The van der Waals surface area contributed by atoms with Crippen molar-refractivity contribution in [1.29, 1.82) is 0 Å². The topological polar surface area (TPSA) is 56.5 Å². The molecule has 0 spiro atoms. The second-order valence-electron chi connectivity index (χ2n) is 15.0. The van der Waals surface area contributed by atoms with Gasteiger partial charge in [-0.3, -0.25) is 0 Å². The van der Waals surface area contributed by atoms with Crippen LogP contribution in [0.3, 0.4) is 0 Å². The van der Waals surface area contributed by atoms with Gasteiger partial charge >= 0.3 is 0 Å². The van der Waals surface area contributed by atoms with E-state index in [1.807, 2.05) is 30.3 Å². The third-order valence-corrected chi connectivity index (χ3v) is 12.6. The highest BCUT2D eigenvalue weighted by atomic mass is 32.1. The van der Waals surface area contributed by atoms with Crippen LogP contribution in [0.1, 0.15) is 0 Å². The molecule has 0 bridgehead atoms. The van der Waals surface area contributed by atoms with Gasteiger partial charge in [0, 0.05) is 59.6 Å². The first-order valence-corrected chi connectivity index (χ1v) is 20.9. The Morgan fingerprint density at radius 2 is 0.900 bits per heavy atom. The lowest BCUT2D eigenvalue weighted by molar-refractivity contribution is 1.07. The maximum atomic E-state index is 5.40. The zero-order valence-corrected chi connectivity index (χ0v) is 33.0. The molecule has 0 aliphatic carbocycles. The fourth-order valence-electron chi connectivity index (χ4n) is 8.63. The van der Waals surface area contributed by atoms with Gasteiger partial charge in [0.25, 0.3) is 0 Å². The smallest absolute Gasteiger partial charge is 0.164 e. The molecule has 0 saturated carbocycles. The number of hydrogen-bond donors (Lipinski definition) is 0. The number of pyridine rings is 1. The van der Waals surface area contributed by atoms with Crippen LogP contribution in [0.4, 0.5) is 0 Å². The van der Waals surface area contributed by atoms with Crippen LogP contribution in [0, 0.1) is 0 Å². The average Bonchev–Trinajstić information content (AvgIpc) is 3.88. The number of para-hydroxylation sites is 2. The minimum atomic E-state index is 0.601. The second-order valence-corrected chi connectivity index (χ2v) is 16.1. The standard InChI is InChI=1S/C54H33N5S/c1-3-15-34(16-4-1)36-29-30-45-44(33-36)49-43-25-9-12-28-48(43)60-51(49)50(55-45)37-19-13-20-38(31-37)53-56-52(35-17-5-2-6-18-35)57-54(58-53)39-21-14-22-40(32-39)59-46-26-10-7-23-41(46)42-24-8-11-27-47(42)59/h1-33H. The van der Waals surface area contributed by atoms with Crippen LogP contribution in [0.15, 0.2) is 200 Å². The molecule has 12 aromatic rings. The van der Waals surface area contributed by atoms with Crippen molar-refractivity contribution in [3.05, 3.63) is 200 Å². The molecular weight excluding hydrogens is 751 g/mol. The monoisotopic (exact) mass is 783 g/mol.